The number of anilines is 1. The van der Waals surface area contributed by atoms with Crippen LogP contribution < -0.4 is 20.4 Å². The zero-order valence-electron chi connectivity index (χ0n) is 15.4. The lowest BCUT2D eigenvalue weighted by atomic mass is 10.1. The van der Waals surface area contributed by atoms with Crippen LogP contribution >= 0.6 is 11.3 Å². The van der Waals surface area contributed by atoms with Crippen LogP contribution in [0.2, 0.25) is 0 Å². The standard InChI is InChI=1S/C22H13N3O4S/c23-9-15(10-24-16-3-5-18-14(7-16)2-6-21(26)29-18)22-25-17(11-30-22)13-1-4-19-20(8-13)28-12-27-19/h1-8,10-11,24H,12H2/b15-10+. The average Bonchev–Trinajstić information content (AvgIpc) is 3.43. The van der Waals surface area contributed by atoms with Crippen LogP contribution in [0.15, 0.2) is 69.3 Å². The van der Waals surface area contributed by atoms with Gasteiger partial charge in [-0.15, -0.1) is 11.3 Å². The van der Waals surface area contributed by atoms with Crippen molar-refractivity contribution in [3.63, 3.8) is 0 Å². The van der Waals surface area contributed by atoms with Crippen molar-refractivity contribution in [2.45, 2.75) is 0 Å². The quantitative estimate of drug-likeness (QED) is 0.384. The van der Waals surface area contributed by atoms with E-state index in [0.717, 1.165) is 22.3 Å². The summed E-state index contributed by atoms with van der Waals surface area (Å²) in [5.74, 6) is 1.40. The molecular formula is C22H13N3O4S. The number of aromatic nitrogens is 1. The Morgan fingerprint density at radius 1 is 1.13 bits per heavy atom. The lowest BCUT2D eigenvalue weighted by Gasteiger charge is -2.03. The molecule has 5 rings (SSSR count). The van der Waals surface area contributed by atoms with E-state index in [-0.39, 0.29) is 6.79 Å². The van der Waals surface area contributed by atoms with Gasteiger partial charge in [0, 0.05) is 34.3 Å². The first-order valence-corrected chi connectivity index (χ1v) is 9.84. The lowest BCUT2D eigenvalue weighted by molar-refractivity contribution is 0.174. The highest BCUT2D eigenvalue weighted by atomic mass is 32.1. The van der Waals surface area contributed by atoms with Gasteiger partial charge in [0.15, 0.2) is 11.5 Å². The molecule has 1 N–H and O–H groups in total. The van der Waals surface area contributed by atoms with Crippen LogP contribution in [0.5, 0.6) is 11.5 Å². The van der Waals surface area contributed by atoms with E-state index in [1.54, 1.807) is 24.4 Å². The van der Waals surface area contributed by atoms with E-state index in [1.165, 1.54) is 17.4 Å². The van der Waals surface area contributed by atoms with Gasteiger partial charge in [-0.3, -0.25) is 0 Å². The molecule has 0 saturated carbocycles. The van der Waals surface area contributed by atoms with Crippen LogP contribution in [0, 0.1) is 11.3 Å². The first-order valence-electron chi connectivity index (χ1n) is 8.96. The molecule has 4 aromatic rings. The Labute approximate surface area is 174 Å². The van der Waals surface area contributed by atoms with Crippen LogP contribution in [0.25, 0.3) is 27.8 Å². The van der Waals surface area contributed by atoms with E-state index in [0.29, 0.717) is 27.7 Å². The molecule has 3 heterocycles. The van der Waals surface area contributed by atoms with Gasteiger partial charge in [-0.05, 0) is 42.5 Å². The monoisotopic (exact) mass is 415 g/mol. The van der Waals surface area contributed by atoms with Crippen LogP contribution in [-0.4, -0.2) is 11.8 Å². The number of hydrogen-bond donors (Lipinski definition) is 1. The summed E-state index contributed by atoms with van der Waals surface area (Å²) in [4.78, 5) is 15.9. The van der Waals surface area contributed by atoms with Gasteiger partial charge in [-0.2, -0.15) is 5.26 Å². The fourth-order valence-corrected chi connectivity index (χ4v) is 3.84. The van der Waals surface area contributed by atoms with Crippen molar-refractivity contribution in [2.24, 2.45) is 0 Å². The number of nitriles is 1. The van der Waals surface area contributed by atoms with E-state index in [1.807, 2.05) is 29.6 Å². The molecule has 0 saturated heterocycles. The highest BCUT2D eigenvalue weighted by Gasteiger charge is 2.16. The average molecular weight is 415 g/mol. The van der Waals surface area contributed by atoms with Crippen molar-refractivity contribution in [3.05, 3.63) is 75.5 Å². The van der Waals surface area contributed by atoms with E-state index in [9.17, 15) is 10.1 Å². The van der Waals surface area contributed by atoms with Gasteiger partial charge < -0.3 is 19.2 Å². The van der Waals surface area contributed by atoms with E-state index < -0.39 is 5.63 Å². The Hall–Kier alpha value is -4.09. The maximum Gasteiger partial charge on any atom is 0.336 e. The topological polar surface area (TPSA) is 97.4 Å². The number of rotatable bonds is 4. The fourth-order valence-electron chi connectivity index (χ4n) is 3.04. The minimum atomic E-state index is -0.392. The maximum absolute atomic E-state index is 11.3. The summed E-state index contributed by atoms with van der Waals surface area (Å²) >= 11 is 1.39. The van der Waals surface area contributed by atoms with Gasteiger partial charge >= 0.3 is 5.63 Å². The summed E-state index contributed by atoms with van der Waals surface area (Å²) in [6.07, 6.45) is 1.61. The molecule has 0 radical (unpaired) electrons. The second kappa shape index (κ2) is 7.39. The van der Waals surface area contributed by atoms with Crippen LogP contribution in [0.4, 0.5) is 5.69 Å². The number of fused-ring (bicyclic) bond motifs is 2. The van der Waals surface area contributed by atoms with Gasteiger partial charge in [-0.1, -0.05) is 0 Å². The highest BCUT2D eigenvalue weighted by molar-refractivity contribution is 7.11. The molecule has 7 nitrogen and oxygen atoms in total. The normalized spacial score (nSPS) is 12.7. The molecule has 2 aromatic carbocycles. The molecule has 30 heavy (non-hydrogen) atoms. The van der Waals surface area contributed by atoms with Crippen molar-refractivity contribution < 1.29 is 13.9 Å². The van der Waals surface area contributed by atoms with Crippen molar-refractivity contribution in [3.8, 4) is 28.8 Å². The predicted octanol–water partition coefficient (Wildman–Crippen LogP) is 4.62. The first-order chi connectivity index (χ1) is 14.7. The van der Waals surface area contributed by atoms with Crippen molar-refractivity contribution in [1.82, 2.24) is 4.98 Å². The zero-order chi connectivity index (χ0) is 20.5. The molecule has 0 unspecified atom stereocenters. The van der Waals surface area contributed by atoms with Gasteiger partial charge in [0.05, 0.1) is 5.69 Å². The minimum Gasteiger partial charge on any atom is -0.454 e. The van der Waals surface area contributed by atoms with Gasteiger partial charge in [0.2, 0.25) is 6.79 Å². The molecule has 0 bridgehead atoms. The van der Waals surface area contributed by atoms with Gasteiger partial charge in [0.25, 0.3) is 0 Å². The second-order valence-corrected chi connectivity index (χ2v) is 7.29. The second-order valence-electron chi connectivity index (χ2n) is 6.43. The number of nitrogens with one attached hydrogen (secondary N) is 1. The van der Waals surface area contributed by atoms with Crippen LogP contribution in [0.1, 0.15) is 5.01 Å². The van der Waals surface area contributed by atoms with Crippen LogP contribution in [-0.2, 0) is 0 Å². The molecule has 0 atom stereocenters. The zero-order valence-corrected chi connectivity index (χ0v) is 16.2. The molecule has 146 valence electrons. The van der Waals surface area contributed by atoms with Gasteiger partial charge in [0.1, 0.15) is 22.2 Å². The summed E-state index contributed by atoms with van der Waals surface area (Å²) in [7, 11) is 0. The molecule has 0 aliphatic carbocycles. The molecule has 1 aliphatic rings. The summed E-state index contributed by atoms with van der Waals surface area (Å²) in [5, 5.41) is 16.0. The maximum atomic E-state index is 11.3. The smallest absolute Gasteiger partial charge is 0.336 e. The Morgan fingerprint density at radius 2 is 2.03 bits per heavy atom. The Kier molecular flexibility index (Phi) is 4.42. The predicted molar refractivity (Wildman–Crippen MR) is 113 cm³/mol. The largest absolute Gasteiger partial charge is 0.454 e. The molecule has 1 aliphatic heterocycles. The first kappa shape index (κ1) is 18.0. The Bertz CT molecular complexity index is 1400. The number of nitrogens with zero attached hydrogens (tertiary/aromatic N) is 2. The van der Waals surface area contributed by atoms with Crippen LogP contribution in [0.3, 0.4) is 0 Å². The van der Waals surface area contributed by atoms with Crippen molar-refractivity contribution in [1.29, 1.82) is 5.26 Å². The molecule has 0 amide bonds. The summed E-state index contributed by atoms with van der Waals surface area (Å²) in [5.41, 5.74) is 2.93. The number of hydrogen-bond acceptors (Lipinski definition) is 8. The number of benzene rings is 2. The van der Waals surface area contributed by atoms with Crippen molar-refractivity contribution >= 4 is 33.6 Å². The summed E-state index contributed by atoms with van der Waals surface area (Å²) in [6.45, 7) is 0.217. The number of allylic oxidation sites excluding steroid dienone is 1. The third-order valence-electron chi connectivity index (χ3n) is 4.53. The molecule has 0 fully saturated rings. The van der Waals surface area contributed by atoms with E-state index in [2.05, 4.69) is 16.4 Å². The molecule has 2 aromatic heterocycles. The molecule has 8 heteroatoms. The SMILES string of the molecule is N#C/C(=C\Nc1ccc2oc(=O)ccc2c1)c1nc(-c2ccc3c(c2)OCO3)cs1. The van der Waals surface area contributed by atoms with Gasteiger partial charge in [-0.25, -0.2) is 9.78 Å². The lowest BCUT2D eigenvalue weighted by Crippen LogP contribution is -1.95. The third kappa shape index (κ3) is 3.38. The number of ether oxygens (including phenoxy) is 2. The third-order valence-corrected chi connectivity index (χ3v) is 5.40. The highest BCUT2D eigenvalue weighted by Crippen LogP contribution is 2.36. The summed E-state index contributed by atoms with van der Waals surface area (Å²) in [6, 6.07) is 16.2. The summed E-state index contributed by atoms with van der Waals surface area (Å²) < 4.78 is 15.9. The van der Waals surface area contributed by atoms with Crippen molar-refractivity contribution in [2.75, 3.05) is 12.1 Å². The Balaban J connectivity index is 1.39. The van der Waals surface area contributed by atoms with E-state index >= 15 is 0 Å². The Morgan fingerprint density at radius 3 is 2.93 bits per heavy atom. The van der Waals surface area contributed by atoms with E-state index in [4.69, 9.17) is 13.9 Å². The molecule has 0 spiro atoms. The molecular weight excluding hydrogens is 402 g/mol. The number of thiazole rings is 1. The minimum absolute atomic E-state index is 0.217. The fraction of sp³-hybridized carbons (Fsp3) is 0.0455.